The lowest BCUT2D eigenvalue weighted by Crippen LogP contribution is -2.41. The van der Waals surface area contributed by atoms with Crippen LogP contribution in [0.5, 0.6) is 0 Å². The molecular formula is C11H11ClN4O4. The summed E-state index contributed by atoms with van der Waals surface area (Å²) < 4.78 is 18.0. The lowest BCUT2D eigenvalue weighted by Gasteiger charge is -2.25. The van der Waals surface area contributed by atoms with Gasteiger partial charge in [-0.05, 0) is 0 Å². The first kappa shape index (κ1) is 12.4. The van der Waals surface area contributed by atoms with Crippen molar-refractivity contribution < 1.29 is 19.3 Å². The molecule has 1 N–H and O–H groups in total. The Hall–Kier alpha value is -1.32. The second kappa shape index (κ2) is 4.61. The van der Waals surface area contributed by atoms with Crippen molar-refractivity contribution >= 4 is 22.8 Å². The Bertz CT molecular complexity index is 650. The van der Waals surface area contributed by atoms with Gasteiger partial charge in [0.05, 0.1) is 12.9 Å². The first-order chi connectivity index (χ1) is 9.75. The third kappa shape index (κ3) is 1.73. The van der Waals surface area contributed by atoms with Gasteiger partial charge in [-0.2, -0.15) is 0 Å². The molecule has 4 atom stereocenters. The molecule has 0 amide bonds. The predicted molar refractivity (Wildman–Crippen MR) is 65.9 cm³/mol. The summed E-state index contributed by atoms with van der Waals surface area (Å²) in [6.07, 6.45) is 0.688. The van der Waals surface area contributed by atoms with Crippen LogP contribution in [0.4, 0.5) is 0 Å². The molecule has 1 unspecified atom stereocenters. The fourth-order valence-electron chi connectivity index (χ4n) is 2.59. The summed E-state index contributed by atoms with van der Waals surface area (Å²) in [6.45, 7) is 0.549. The standard InChI is InChI=1S/C11H11ClN4O4/c12-9-6-10(14-2-13-9)16(3-15-6)11-7(17)8-5(20-11)1-18-4-19-8/h2-3,5,7-8,11,17H,1,4H2/t5-,7?,8+,11-/m1/s1. The number of aromatic nitrogens is 4. The van der Waals surface area contributed by atoms with Gasteiger partial charge in [0.2, 0.25) is 0 Å². The van der Waals surface area contributed by atoms with E-state index >= 15 is 0 Å². The van der Waals surface area contributed by atoms with E-state index in [1.54, 1.807) is 4.57 Å². The Morgan fingerprint density at radius 1 is 1.35 bits per heavy atom. The molecule has 0 aliphatic carbocycles. The molecule has 8 nitrogen and oxygen atoms in total. The minimum atomic E-state index is -0.824. The molecule has 4 heterocycles. The molecule has 2 fully saturated rings. The number of rotatable bonds is 1. The summed E-state index contributed by atoms with van der Waals surface area (Å²) in [7, 11) is 0. The van der Waals surface area contributed by atoms with Gasteiger partial charge in [0.15, 0.2) is 17.0 Å². The Kier molecular flexibility index (Phi) is 2.86. The lowest BCUT2D eigenvalue weighted by atomic mass is 10.1. The average Bonchev–Trinajstić information content (AvgIpc) is 3.02. The molecule has 4 rings (SSSR count). The third-order valence-corrected chi connectivity index (χ3v) is 3.80. The molecule has 2 aliphatic rings. The van der Waals surface area contributed by atoms with E-state index in [9.17, 15) is 5.11 Å². The van der Waals surface area contributed by atoms with E-state index in [2.05, 4.69) is 15.0 Å². The van der Waals surface area contributed by atoms with Gasteiger partial charge in [0.1, 0.15) is 36.9 Å². The Morgan fingerprint density at radius 2 is 2.25 bits per heavy atom. The summed E-state index contributed by atoms with van der Waals surface area (Å²) in [5.74, 6) is 0. The van der Waals surface area contributed by atoms with Crippen LogP contribution in [-0.2, 0) is 14.2 Å². The van der Waals surface area contributed by atoms with Crippen LogP contribution in [0.2, 0.25) is 5.15 Å². The van der Waals surface area contributed by atoms with Gasteiger partial charge < -0.3 is 19.3 Å². The van der Waals surface area contributed by atoms with Crippen molar-refractivity contribution in [2.24, 2.45) is 0 Å². The molecule has 2 aliphatic heterocycles. The fraction of sp³-hybridized carbons (Fsp3) is 0.545. The van der Waals surface area contributed by atoms with Gasteiger partial charge in [-0.15, -0.1) is 0 Å². The summed E-state index contributed by atoms with van der Waals surface area (Å²) in [6, 6.07) is 0. The van der Waals surface area contributed by atoms with Gasteiger partial charge in [0, 0.05) is 0 Å². The second-order valence-corrected chi connectivity index (χ2v) is 5.02. The van der Waals surface area contributed by atoms with E-state index < -0.39 is 18.4 Å². The maximum absolute atomic E-state index is 10.4. The van der Waals surface area contributed by atoms with Crippen molar-refractivity contribution in [3.8, 4) is 0 Å². The Labute approximate surface area is 118 Å². The number of aliphatic hydroxyl groups is 1. The predicted octanol–water partition coefficient (Wildman–Crippen LogP) is 0.111. The first-order valence-corrected chi connectivity index (χ1v) is 6.49. The molecule has 9 heteroatoms. The molecule has 2 aromatic heterocycles. The zero-order valence-corrected chi connectivity index (χ0v) is 11.0. The van der Waals surface area contributed by atoms with Crippen molar-refractivity contribution in [3.05, 3.63) is 17.8 Å². The van der Waals surface area contributed by atoms with E-state index in [1.165, 1.54) is 12.7 Å². The highest BCUT2D eigenvalue weighted by atomic mass is 35.5. The zero-order valence-electron chi connectivity index (χ0n) is 10.2. The topological polar surface area (TPSA) is 91.5 Å². The van der Waals surface area contributed by atoms with Crippen molar-refractivity contribution in [2.45, 2.75) is 24.5 Å². The van der Waals surface area contributed by atoms with Gasteiger partial charge >= 0.3 is 0 Å². The minimum Gasteiger partial charge on any atom is -0.386 e. The molecule has 0 spiro atoms. The van der Waals surface area contributed by atoms with Gasteiger partial charge in [0.25, 0.3) is 0 Å². The van der Waals surface area contributed by atoms with Gasteiger partial charge in [-0.3, -0.25) is 4.57 Å². The van der Waals surface area contributed by atoms with E-state index in [0.29, 0.717) is 17.8 Å². The number of hydrogen-bond acceptors (Lipinski definition) is 7. The SMILES string of the molecule is OC1[C@H]2OCOC[C@H]2O[C@H]1n1cnc2c(Cl)ncnc21. The number of hydrogen-bond donors (Lipinski definition) is 1. The minimum absolute atomic E-state index is 0.160. The Balaban J connectivity index is 1.74. The molecule has 0 aromatic carbocycles. The van der Waals surface area contributed by atoms with Crippen LogP contribution < -0.4 is 0 Å². The summed E-state index contributed by atoms with van der Waals surface area (Å²) in [5, 5.41) is 10.6. The smallest absolute Gasteiger partial charge is 0.167 e. The van der Waals surface area contributed by atoms with Crippen LogP contribution in [0.15, 0.2) is 12.7 Å². The largest absolute Gasteiger partial charge is 0.386 e. The highest BCUT2D eigenvalue weighted by Crippen LogP contribution is 2.35. The number of halogens is 1. The third-order valence-electron chi connectivity index (χ3n) is 3.52. The normalized spacial score (nSPS) is 33.5. The summed E-state index contributed by atoms with van der Waals surface area (Å²) in [4.78, 5) is 12.2. The first-order valence-electron chi connectivity index (χ1n) is 6.11. The van der Waals surface area contributed by atoms with Crippen LogP contribution >= 0.6 is 11.6 Å². The maximum atomic E-state index is 10.4. The molecular weight excluding hydrogens is 288 g/mol. The van der Waals surface area contributed by atoms with Crippen molar-refractivity contribution in [1.82, 2.24) is 19.5 Å². The molecule has 2 aromatic rings. The van der Waals surface area contributed by atoms with Crippen LogP contribution in [0.3, 0.4) is 0 Å². The van der Waals surface area contributed by atoms with E-state index in [4.69, 9.17) is 25.8 Å². The zero-order chi connectivity index (χ0) is 13.7. The molecule has 2 saturated heterocycles. The quantitative estimate of drug-likeness (QED) is 0.747. The van der Waals surface area contributed by atoms with Crippen LogP contribution in [0.1, 0.15) is 6.23 Å². The number of fused-ring (bicyclic) bond motifs is 2. The summed E-state index contributed by atoms with van der Waals surface area (Å²) in [5.41, 5.74) is 0.977. The highest BCUT2D eigenvalue weighted by molar-refractivity contribution is 6.33. The molecule has 0 saturated carbocycles. The lowest BCUT2D eigenvalue weighted by molar-refractivity contribution is -0.189. The number of imidazole rings is 1. The average molecular weight is 299 g/mol. The second-order valence-electron chi connectivity index (χ2n) is 4.66. The van der Waals surface area contributed by atoms with Crippen molar-refractivity contribution in [2.75, 3.05) is 13.4 Å². The number of ether oxygens (including phenoxy) is 3. The van der Waals surface area contributed by atoms with Gasteiger partial charge in [-0.25, -0.2) is 15.0 Å². The maximum Gasteiger partial charge on any atom is 0.167 e. The molecule has 20 heavy (non-hydrogen) atoms. The fourth-order valence-corrected chi connectivity index (χ4v) is 2.77. The van der Waals surface area contributed by atoms with Crippen molar-refractivity contribution in [1.29, 1.82) is 0 Å². The Morgan fingerprint density at radius 3 is 3.10 bits per heavy atom. The van der Waals surface area contributed by atoms with Crippen molar-refractivity contribution in [3.63, 3.8) is 0 Å². The van der Waals surface area contributed by atoms with E-state index in [1.807, 2.05) is 0 Å². The van der Waals surface area contributed by atoms with Crippen LogP contribution in [-0.4, -0.2) is 56.3 Å². The highest BCUT2D eigenvalue weighted by Gasteiger charge is 2.47. The van der Waals surface area contributed by atoms with Crippen LogP contribution in [0, 0.1) is 0 Å². The molecule has 0 bridgehead atoms. The number of aliphatic hydroxyl groups excluding tert-OH is 1. The summed E-state index contributed by atoms with van der Waals surface area (Å²) >= 11 is 5.96. The van der Waals surface area contributed by atoms with E-state index in [0.717, 1.165) is 0 Å². The van der Waals surface area contributed by atoms with E-state index in [-0.39, 0.29) is 18.1 Å². The molecule has 106 valence electrons. The number of nitrogens with zero attached hydrogens (tertiary/aromatic N) is 4. The monoisotopic (exact) mass is 298 g/mol. The van der Waals surface area contributed by atoms with Crippen LogP contribution in [0.25, 0.3) is 11.2 Å². The molecule has 0 radical (unpaired) electrons. The van der Waals surface area contributed by atoms with Gasteiger partial charge in [-0.1, -0.05) is 11.6 Å².